The fourth-order valence-electron chi connectivity index (χ4n) is 2.38. The minimum atomic E-state index is -0.432. The Morgan fingerprint density at radius 3 is 2.00 bits per heavy atom. The van der Waals surface area contributed by atoms with Crippen LogP contribution in [0.2, 0.25) is 0 Å². The molecule has 1 amide bonds. The van der Waals surface area contributed by atoms with Gasteiger partial charge < -0.3 is 5.32 Å². The van der Waals surface area contributed by atoms with E-state index in [1.807, 2.05) is 41.5 Å². The molecule has 0 aromatic rings. The molecule has 0 saturated heterocycles. The maximum absolute atomic E-state index is 12.5. The lowest BCUT2D eigenvalue weighted by atomic mass is 9.75. The van der Waals surface area contributed by atoms with E-state index in [4.69, 9.17) is 0 Å². The van der Waals surface area contributed by atoms with E-state index in [9.17, 15) is 9.59 Å². The molecule has 1 aliphatic carbocycles. The molecule has 1 aliphatic rings. The smallest absolute Gasteiger partial charge is 0.223 e. The Bertz CT molecular complexity index is 360. The number of carbonyl (C=O) groups is 2. The van der Waals surface area contributed by atoms with Gasteiger partial charge in [-0.25, -0.2) is 0 Å². The third-order valence-corrected chi connectivity index (χ3v) is 3.94. The average molecular weight is 267 g/mol. The van der Waals surface area contributed by atoms with Gasteiger partial charge in [-0.05, 0) is 17.8 Å². The lowest BCUT2D eigenvalue weighted by Crippen LogP contribution is -2.53. The van der Waals surface area contributed by atoms with Crippen molar-refractivity contribution in [2.24, 2.45) is 22.7 Å². The number of hydrogen-bond donors (Lipinski definition) is 1. The quantitative estimate of drug-likeness (QED) is 0.850. The standard InChI is InChI=1S/C16H29NO2/c1-8-10-9-11(10)14(19)17-12(15(2,3)4)13(18)16(5,6)7/h10-12H,8-9H2,1-7H3,(H,17,19)/t10?,11-,12-/m1/s1. The molecule has 110 valence electrons. The summed E-state index contributed by atoms with van der Waals surface area (Å²) in [5.41, 5.74) is -0.685. The summed E-state index contributed by atoms with van der Waals surface area (Å²) < 4.78 is 0. The van der Waals surface area contributed by atoms with Crippen molar-refractivity contribution < 1.29 is 9.59 Å². The Morgan fingerprint density at radius 1 is 1.16 bits per heavy atom. The summed E-state index contributed by atoms with van der Waals surface area (Å²) in [5, 5.41) is 3.00. The predicted octanol–water partition coefficient (Wildman–Crippen LogP) is 3.18. The van der Waals surface area contributed by atoms with Crippen molar-refractivity contribution in [2.45, 2.75) is 67.3 Å². The predicted molar refractivity (Wildman–Crippen MR) is 77.7 cm³/mol. The zero-order chi connectivity index (χ0) is 15.0. The second-order valence-electron chi connectivity index (χ2n) is 7.93. The number of Topliss-reactive ketones (excluding diaryl/α,β-unsaturated/α-hetero) is 1. The number of nitrogens with one attached hydrogen (secondary N) is 1. The molecule has 0 aromatic heterocycles. The maximum atomic E-state index is 12.5. The highest BCUT2D eigenvalue weighted by molar-refractivity contribution is 5.94. The van der Waals surface area contributed by atoms with E-state index in [0.717, 1.165) is 12.8 Å². The van der Waals surface area contributed by atoms with Crippen molar-refractivity contribution in [1.29, 1.82) is 0 Å². The molecule has 0 spiro atoms. The van der Waals surface area contributed by atoms with Gasteiger partial charge in [-0.1, -0.05) is 54.9 Å². The lowest BCUT2D eigenvalue weighted by molar-refractivity contribution is -0.135. The summed E-state index contributed by atoms with van der Waals surface area (Å²) in [7, 11) is 0. The highest BCUT2D eigenvalue weighted by atomic mass is 16.2. The maximum Gasteiger partial charge on any atom is 0.223 e. The van der Waals surface area contributed by atoms with Gasteiger partial charge in [-0.15, -0.1) is 0 Å². The third kappa shape index (κ3) is 4.05. The van der Waals surface area contributed by atoms with Crippen LogP contribution >= 0.6 is 0 Å². The van der Waals surface area contributed by atoms with Crippen LogP contribution in [0.15, 0.2) is 0 Å². The third-order valence-electron chi connectivity index (χ3n) is 3.94. The number of amides is 1. The van der Waals surface area contributed by atoms with E-state index in [-0.39, 0.29) is 23.0 Å². The zero-order valence-corrected chi connectivity index (χ0v) is 13.5. The van der Waals surface area contributed by atoms with Gasteiger partial charge in [0.2, 0.25) is 5.91 Å². The summed E-state index contributed by atoms with van der Waals surface area (Å²) in [6.07, 6.45) is 2.02. The molecule has 1 unspecified atom stereocenters. The second-order valence-corrected chi connectivity index (χ2v) is 7.93. The summed E-state index contributed by atoms with van der Waals surface area (Å²) in [6, 6.07) is -0.405. The number of rotatable bonds is 4. The van der Waals surface area contributed by atoms with E-state index in [1.165, 1.54) is 0 Å². The van der Waals surface area contributed by atoms with Crippen LogP contribution in [0.1, 0.15) is 61.3 Å². The van der Waals surface area contributed by atoms with Crippen molar-refractivity contribution in [3.63, 3.8) is 0 Å². The molecule has 0 heterocycles. The van der Waals surface area contributed by atoms with Crippen LogP contribution in [0.5, 0.6) is 0 Å². The highest BCUT2D eigenvalue weighted by Gasteiger charge is 2.45. The number of carbonyl (C=O) groups excluding carboxylic acids is 2. The van der Waals surface area contributed by atoms with Crippen LogP contribution in [0, 0.1) is 22.7 Å². The van der Waals surface area contributed by atoms with E-state index in [1.54, 1.807) is 0 Å². The summed E-state index contributed by atoms with van der Waals surface area (Å²) >= 11 is 0. The van der Waals surface area contributed by atoms with Crippen LogP contribution < -0.4 is 5.32 Å². The SMILES string of the molecule is CCC1C[C@H]1C(=O)N[C@H](C(=O)C(C)(C)C)C(C)(C)C. The Balaban J connectivity index is 2.77. The molecule has 1 N–H and O–H groups in total. The van der Waals surface area contributed by atoms with Crippen molar-refractivity contribution >= 4 is 11.7 Å². The molecule has 0 radical (unpaired) electrons. The summed E-state index contributed by atoms with van der Waals surface area (Å²) in [5.74, 6) is 0.819. The van der Waals surface area contributed by atoms with E-state index in [0.29, 0.717) is 5.92 Å². The van der Waals surface area contributed by atoms with Crippen LogP contribution in [0.25, 0.3) is 0 Å². The van der Waals surface area contributed by atoms with Gasteiger partial charge in [0.05, 0.1) is 6.04 Å². The van der Waals surface area contributed by atoms with Gasteiger partial charge in [-0.3, -0.25) is 9.59 Å². The van der Waals surface area contributed by atoms with Gasteiger partial charge in [0.1, 0.15) is 0 Å². The Hall–Kier alpha value is -0.860. The average Bonchev–Trinajstić information content (AvgIpc) is 3.00. The van der Waals surface area contributed by atoms with Crippen molar-refractivity contribution in [1.82, 2.24) is 5.32 Å². The first-order valence-corrected chi connectivity index (χ1v) is 7.33. The lowest BCUT2D eigenvalue weighted by Gasteiger charge is -2.34. The van der Waals surface area contributed by atoms with Crippen molar-refractivity contribution in [3.05, 3.63) is 0 Å². The van der Waals surface area contributed by atoms with Crippen molar-refractivity contribution in [3.8, 4) is 0 Å². The second kappa shape index (κ2) is 5.26. The van der Waals surface area contributed by atoms with Crippen LogP contribution in [-0.4, -0.2) is 17.7 Å². The Morgan fingerprint density at radius 2 is 1.68 bits per heavy atom. The van der Waals surface area contributed by atoms with Crippen LogP contribution in [0.3, 0.4) is 0 Å². The molecule has 3 atom stereocenters. The molecule has 19 heavy (non-hydrogen) atoms. The monoisotopic (exact) mass is 267 g/mol. The molecule has 1 fully saturated rings. The van der Waals surface area contributed by atoms with Gasteiger partial charge in [-0.2, -0.15) is 0 Å². The molecule has 3 heteroatoms. The fraction of sp³-hybridized carbons (Fsp3) is 0.875. The van der Waals surface area contributed by atoms with Gasteiger partial charge in [0.25, 0.3) is 0 Å². The summed E-state index contributed by atoms with van der Waals surface area (Å²) in [6.45, 7) is 13.9. The summed E-state index contributed by atoms with van der Waals surface area (Å²) in [4.78, 5) is 24.7. The van der Waals surface area contributed by atoms with Gasteiger partial charge in [0.15, 0.2) is 5.78 Å². The topological polar surface area (TPSA) is 46.2 Å². The first-order chi connectivity index (χ1) is 8.48. The molecule has 0 aliphatic heterocycles. The number of hydrogen-bond acceptors (Lipinski definition) is 2. The minimum absolute atomic E-state index is 0.0596. The first-order valence-electron chi connectivity index (χ1n) is 7.33. The normalized spacial score (nSPS) is 24.8. The Labute approximate surface area is 117 Å². The molecule has 0 aromatic carbocycles. The first kappa shape index (κ1) is 16.2. The van der Waals surface area contributed by atoms with E-state index >= 15 is 0 Å². The van der Waals surface area contributed by atoms with E-state index < -0.39 is 11.5 Å². The van der Waals surface area contributed by atoms with E-state index in [2.05, 4.69) is 12.2 Å². The molecule has 0 bridgehead atoms. The fourth-order valence-corrected chi connectivity index (χ4v) is 2.38. The molecular formula is C16H29NO2. The molecule has 3 nitrogen and oxygen atoms in total. The number of ketones is 1. The van der Waals surface area contributed by atoms with Crippen molar-refractivity contribution in [2.75, 3.05) is 0 Å². The van der Waals surface area contributed by atoms with Crippen LogP contribution in [0.4, 0.5) is 0 Å². The molecule has 1 saturated carbocycles. The Kier molecular flexibility index (Phi) is 4.48. The molecular weight excluding hydrogens is 238 g/mol. The van der Waals surface area contributed by atoms with Gasteiger partial charge >= 0.3 is 0 Å². The van der Waals surface area contributed by atoms with Crippen LogP contribution in [-0.2, 0) is 9.59 Å². The molecule has 1 rings (SSSR count). The zero-order valence-electron chi connectivity index (χ0n) is 13.5. The largest absolute Gasteiger partial charge is 0.345 e. The highest BCUT2D eigenvalue weighted by Crippen LogP contribution is 2.41. The van der Waals surface area contributed by atoms with Gasteiger partial charge in [0, 0.05) is 11.3 Å². The minimum Gasteiger partial charge on any atom is -0.345 e.